The summed E-state index contributed by atoms with van der Waals surface area (Å²) in [4.78, 5) is 12.7. The Hall–Kier alpha value is -2.91. The number of hydrogen-bond acceptors (Lipinski definition) is 3. The van der Waals surface area contributed by atoms with Crippen molar-refractivity contribution in [3.63, 3.8) is 0 Å². The summed E-state index contributed by atoms with van der Waals surface area (Å²) in [6.07, 6.45) is 1.79. The molecule has 3 nitrogen and oxygen atoms in total. The van der Waals surface area contributed by atoms with Gasteiger partial charge in [-0.1, -0.05) is 67.3 Å². The average Bonchev–Trinajstić information content (AvgIpc) is 2.65. The lowest BCUT2D eigenvalue weighted by molar-refractivity contribution is 0.0484. The van der Waals surface area contributed by atoms with Crippen LogP contribution in [0.1, 0.15) is 35.3 Å². The van der Waals surface area contributed by atoms with Gasteiger partial charge in [-0.2, -0.15) is 0 Å². The Morgan fingerprint density at radius 2 is 1.77 bits per heavy atom. The predicted octanol–water partition coefficient (Wildman–Crippen LogP) is 5.02. The van der Waals surface area contributed by atoms with Crippen LogP contribution < -0.4 is 4.74 Å². The van der Waals surface area contributed by atoms with Crippen LogP contribution in [0.5, 0.6) is 5.75 Å². The van der Waals surface area contributed by atoms with E-state index >= 15 is 0 Å². The van der Waals surface area contributed by atoms with Crippen molar-refractivity contribution in [2.45, 2.75) is 26.1 Å². The van der Waals surface area contributed by atoms with E-state index in [9.17, 15) is 9.90 Å². The van der Waals surface area contributed by atoms with Crippen LogP contribution in [0.15, 0.2) is 67.2 Å². The minimum Gasteiger partial charge on any atom is -0.487 e. The zero-order valence-corrected chi connectivity index (χ0v) is 15.0. The van der Waals surface area contributed by atoms with Crippen LogP contribution in [0, 0.1) is 0 Å². The molecule has 26 heavy (non-hydrogen) atoms. The van der Waals surface area contributed by atoms with Gasteiger partial charge in [0.05, 0.1) is 5.56 Å². The quantitative estimate of drug-likeness (QED) is 0.638. The fourth-order valence-corrected chi connectivity index (χ4v) is 2.81. The van der Waals surface area contributed by atoms with Crippen molar-refractivity contribution < 1.29 is 14.6 Å². The first kappa shape index (κ1) is 17.9. The van der Waals surface area contributed by atoms with Crippen LogP contribution in [0.4, 0.5) is 0 Å². The molecule has 3 heteroatoms. The number of aliphatic hydroxyl groups is 1. The number of carbonyl (C=O) groups excluding carboxylic acids is 1. The Balaban J connectivity index is 2.00. The lowest BCUT2D eigenvalue weighted by Gasteiger charge is -2.19. The van der Waals surface area contributed by atoms with Gasteiger partial charge in [0.2, 0.25) is 0 Å². The highest BCUT2D eigenvalue weighted by Crippen LogP contribution is 2.33. The minimum absolute atomic E-state index is 0.331. The fourth-order valence-electron chi connectivity index (χ4n) is 2.81. The summed E-state index contributed by atoms with van der Waals surface area (Å²) in [6.45, 7) is 7.06. The number of benzene rings is 3. The summed E-state index contributed by atoms with van der Waals surface area (Å²) in [6, 6.07) is 19.2. The van der Waals surface area contributed by atoms with Gasteiger partial charge in [-0.3, -0.25) is 4.79 Å². The predicted molar refractivity (Wildman–Crippen MR) is 105 cm³/mol. The molecule has 0 aliphatic carbocycles. The first-order valence-corrected chi connectivity index (χ1v) is 8.53. The van der Waals surface area contributed by atoms with Crippen molar-refractivity contribution in [1.82, 2.24) is 0 Å². The summed E-state index contributed by atoms with van der Waals surface area (Å²) in [5.41, 5.74) is 0.951. The average molecular weight is 346 g/mol. The van der Waals surface area contributed by atoms with Crippen LogP contribution in [-0.4, -0.2) is 16.5 Å². The molecular formula is C23H22O3. The Morgan fingerprint density at radius 1 is 1.08 bits per heavy atom. The molecule has 0 aromatic heterocycles. The number of ketones is 1. The highest BCUT2D eigenvalue weighted by Gasteiger charge is 2.28. The fraction of sp³-hybridized carbons (Fsp3) is 0.174. The molecule has 3 aromatic carbocycles. The van der Waals surface area contributed by atoms with Crippen LogP contribution in [0.3, 0.4) is 0 Å². The van der Waals surface area contributed by atoms with Crippen molar-refractivity contribution in [2.24, 2.45) is 0 Å². The summed E-state index contributed by atoms with van der Waals surface area (Å²) in [5, 5.41) is 12.0. The van der Waals surface area contributed by atoms with Gasteiger partial charge in [0.15, 0.2) is 5.78 Å². The molecule has 3 rings (SSSR count). The van der Waals surface area contributed by atoms with Gasteiger partial charge >= 0.3 is 0 Å². The number of ether oxygens (including phenoxy) is 1. The van der Waals surface area contributed by atoms with E-state index in [1.807, 2.05) is 54.6 Å². The van der Waals surface area contributed by atoms with E-state index in [1.165, 1.54) is 13.8 Å². The van der Waals surface area contributed by atoms with Crippen molar-refractivity contribution >= 4 is 22.6 Å². The molecule has 0 amide bonds. The Labute approximate surface area is 153 Å². The van der Waals surface area contributed by atoms with Gasteiger partial charge in [0, 0.05) is 5.39 Å². The van der Waals surface area contributed by atoms with Crippen molar-refractivity contribution in [3.05, 3.63) is 83.9 Å². The van der Waals surface area contributed by atoms with Crippen LogP contribution >= 0.6 is 0 Å². The largest absolute Gasteiger partial charge is 0.487 e. The number of fused-ring (bicyclic) bond motifs is 1. The number of carbonyl (C=O) groups is 1. The minimum atomic E-state index is -1.47. The van der Waals surface area contributed by atoms with E-state index in [2.05, 4.69) is 6.58 Å². The maximum absolute atomic E-state index is 12.7. The van der Waals surface area contributed by atoms with E-state index in [0.717, 1.165) is 21.9 Å². The zero-order chi connectivity index (χ0) is 18.7. The molecule has 0 aliphatic heterocycles. The molecule has 0 spiro atoms. The Bertz CT molecular complexity index is 947. The first-order valence-electron chi connectivity index (χ1n) is 8.53. The van der Waals surface area contributed by atoms with E-state index in [-0.39, 0.29) is 5.78 Å². The van der Waals surface area contributed by atoms with Crippen LogP contribution in [-0.2, 0) is 6.61 Å². The second-order valence-corrected chi connectivity index (χ2v) is 6.79. The van der Waals surface area contributed by atoms with Gasteiger partial charge in [-0.15, -0.1) is 0 Å². The van der Waals surface area contributed by atoms with Gasteiger partial charge in [0.25, 0.3) is 0 Å². The van der Waals surface area contributed by atoms with E-state index in [1.54, 1.807) is 12.1 Å². The second-order valence-electron chi connectivity index (χ2n) is 6.79. The monoisotopic (exact) mass is 346 g/mol. The van der Waals surface area contributed by atoms with Crippen molar-refractivity contribution in [2.75, 3.05) is 0 Å². The molecule has 0 heterocycles. The second kappa shape index (κ2) is 7.14. The molecule has 0 aliphatic rings. The molecule has 3 aromatic rings. The molecule has 0 saturated heterocycles. The summed E-state index contributed by atoms with van der Waals surface area (Å²) in [7, 11) is 0. The van der Waals surface area contributed by atoms with Gasteiger partial charge in [-0.25, -0.2) is 0 Å². The maximum Gasteiger partial charge on any atom is 0.197 e. The number of Topliss-reactive ketones (excluding diaryl/α,β-unsaturated/α-hetero) is 1. The normalized spacial score (nSPS) is 11.3. The Morgan fingerprint density at radius 3 is 2.42 bits per heavy atom. The number of rotatable bonds is 6. The third kappa shape index (κ3) is 3.68. The molecule has 1 N–H and O–H groups in total. The number of hydrogen-bond donors (Lipinski definition) is 1. The molecule has 0 radical (unpaired) electrons. The summed E-state index contributed by atoms with van der Waals surface area (Å²) < 4.78 is 6.07. The van der Waals surface area contributed by atoms with Gasteiger partial charge < -0.3 is 9.84 Å². The highest BCUT2D eigenvalue weighted by atomic mass is 16.5. The molecule has 0 unspecified atom stereocenters. The zero-order valence-electron chi connectivity index (χ0n) is 15.0. The molecule has 0 saturated carbocycles. The molecule has 132 valence electrons. The smallest absolute Gasteiger partial charge is 0.197 e. The van der Waals surface area contributed by atoms with Crippen molar-refractivity contribution in [3.8, 4) is 5.75 Å². The third-order valence-corrected chi connectivity index (χ3v) is 4.28. The van der Waals surface area contributed by atoms with E-state index < -0.39 is 5.60 Å². The maximum atomic E-state index is 12.7. The van der Waals surface area contributed by atoms with E-state index in [0.29, 0.717) is 17.9 Å². The lowest BCUT2D eigenvalue weighted by atomic mass is 9.94. The molecular weight excluding hydrogens is 324 g/mol. The standard InChI is InChI=1S/C23H22O3/c1-4-16-9-11-17(12-10-16)15-26-21-19-8-6-5-7-18(19)13-14-20(21)22(24)23(2,3)25/h4-14,25H,1,15H2,2-3H3. The first-order chi connectivity index (χ1) is 12.4. The SMILES string of the molecule is C=Cc1ccc(COc2c(C(=O)C(C)(C)O)ccc3ccccc23)cc1. The third-order valence-electron chi connectivity index (χ3n) is 4.28. The molecule has 0 atom stereocenters. The summed E-state index contributed by atoms with van der Waals surface area (Å²) in [5.74, 6) is 0.142. The highest BCUT2D eigenvalue weighted by molar-refractivity contribution is 6.08. The molecule has 0 fully saturated rings. The molecule has 0 bridgehead atoms. The topological polar surface area (TPSA) is 46.5 Å². The Kier molecular flexibility index (Phi) is 4.92. The van der Waals surface area contributed by atoms with Crippen LogP contribution in [0.2, 0.25) is 0 Å². The van der Waals surface area contributed by atoms with Crippen molar-refractivity contribution in [1.29, 1.82) is 0 Å². The van der Waals surface area contributed by atoms with Gasteiger partial charge in [0.1, 0.15) is 18.0 Å². The lowest BCUT2D eigenvalue weighted by Crippen LogP contribution is -2.31. The van der Waals surface area contributed by atoms with Crippen LogP contribution in [0.25, 0.3) is 16.8 Å². The van der Waals surface area contributed by atoms with E-state index in [4.69, 9.17) is 4.74 Å². The van der Waals surface area contributed by atoms with Gasteiger partial charge in [-0.05, 0) is 36.4 Å². The summed E-state index contributed by atoms with van der Waals surface area (Å²) >= 11 is 0.